The molecule has 1 aromatic carbocycles. The minimum absolute atomic E-state index is 0.147. The number of aryl methyl sites for hydroxylation is 1. The van der Waals surface area contributed by atoms with Crippen LogP contribution in [0.3, 0.4) is 0 Å². The average Bonchev–Trinajstić information content (AvgIpc) is 3.16. The Morgan fingerprint density at radius 2 is 2.22 bits per heavy atom. The number of amides is 1. The Bertz CT molecular complexity index is 948. The number of aromatic nitrogens is 3. The first-order valence-corrected chi connectivity index (χ1v) is 9.51. The standard InChI is InChI=1S/C18H17ClN4O3S/c1-3-15-22-17(26-23-15)12-5-4-8-20-18(12)27-10-16(24)21-13-9-11(19)6-7-14(13)25-2/h4-9H,3,10H2,1-2H3,(H,21,24). The van der Waals surface area contributed by atoms with E-state index in [4.69, 9.17) is 20.9 Å². The van der Waals surface area contributed by atoms with Crippen LogP contribution in [-0.2, 0) is 11.2 Å². The lowest BCUT2D eigenvalue weighted by Crippen LogP contribution is -2.15. The van der Waals surface area contributed by atoms with Crippen molar-refractivity contribution in [3.8, 4) is 17.2 Å². The lowest BCUT2D eigenvalue weighted by Gasteiger charge is -2.10. The summed E-state index contributed by atoms with van der Waals surface area (Å²) in [6.07, 6.45) is 2.33. The first-order chi connectivity index (χ1) is 13.1. The van der Waals surface area contributed by atoms with Crippen LogP contribution in [-0.4, -0.2) is 33.9 Å². The molecule has 0 fully saturated rings. The Morgan fingerprint density at radius 3 is 2.96 bits per heavy atom. The molecule has 0 unspecified atom stereocenters. The van der Waals surface area contributed by atoms with Crippen molar-refractivity contribution in [3.05, 3.63) is 47.4 Å². The van der Waals surface area contributed by atoms with Gasteiger partial charge in [0.1, 0.15) is 10.8 Å². The Labute approximate surface area is 165 Å². The number of halogens is 1. The number of hydrogen-bond donors (Lipinski definition) is 1. The van der Waals surface area contributed by atoms with E-state index in [1.54, 1.807) is 30.5 Å². The third-order valence-electron chi connectivity index (χ3n) is 3.56. The van der Waals surface area contributed by atoms with Crippen LogP contribution in [0.25, 0.3) is 11.5 Å². The van der Waals surface area contributed by atoms with Gasteiger partial charge < -0.3 is 14.6 Å². The number of nitrogens with zero attached hydrogens (tertiary/aromatic N) is 3. The molecule has 1 amide bonds. The predicted octanol–water partition coefficient (Wildman–Crippen LogP) is 4.09. The van der Waals surface area contributed by atoms with Gasteiger partial charge in [0.25, 0.3) is 5.89 Å². The van der Waals surface area contributed by atoms with E-state index in [1.165, 1.54) is 18.9 Å². The molecule has 9 heteroatoms. The first kappa shape index (κ1) is 19.2. The van der Waals surface area contributed by atoms with E-state index in [0.29, 0.717) is 45.2 Å². The van der Waals surface area contributed by atoms with Gasteiger partial charge in [0.05, 0.1) is 24.1 Å². The fraction of sp³-hybridized carbons (Fsp3) is 0.222. The van der Waals surface area contributed by atoms with E-state index < -0.39 is 0 Å². The second-order valence-electron chi connectivity index (χ2n) is 5.41. The van der Waals surface area contributed by atoms with Gasteiger partial charge in [-0.1, -0.05) is 35.4 Å². The topological polar surface area (TPSA) is 90.1 Å². The van der Waals surface area contributed by atoms with Crippen molar-refractivity contribution in [1.82, 2.24) is 15.1 Å². The van der Waals surface area contributed by atoms with E-state index >= 15 is 0 Å². The average molecular weight is 405 g/mol. The lowest BCUT2D eigenvalue weighted by molar-refractivity contribution is -0.113. The Hall–Kier alpha value is -2.58. The van der Waals surface area contributed by atoms with Crippen molar-refractivity contribution in [2.24, 2.45) is 0 Å². The SMILES string of the molecule is CCc1noc(-c2cccnc2SCC(=O)Nc2cc(Cl)ccc2OC)n1. The van der Waals surface area contributed by atoms with Gasteiger partial charge in [0.2, 0.25) is 5.91 Å². The molecule has 3 aromatic rings. The quantitative estimate of drug-likeness (QED) is 0.593. The van der Waals surface area contributed by atoms with Crippen LogP contribution in [0, 0.1) is 0 Å². The highest BCUT2D eigenvalue weighted by Gasteiger charge is 2.15. The maximum absolute atomic E-state index is 12.4. The molecule has 0 radical (unpaired) electrons. The smallest absolute Gasteiger partial charge is 0.260 e. The second-order valence-corrected chi connectivity index (χ2v) is 6.81. The second kappa shape index (κ2) is 8.88. The van der Waals surface area contributed by atoms with Gasteiger partial charge in [-0.2, -0.15) is 4.98 Å². The third-order valence-corrected chi connectivity index (χ3v) is 4.80. The molecule has 7 nitrogen and oxygen atoms in total. The molecule has 1 N–H and O–H groups in total. The highest BCUT2D eigenvalue weighted by molar-refractivity contribution is 8.00. The number of pyridine rings is 1. The zero-order valence-corrected chi connectivity index (χ0v) is 16.3. The number of carbonyl (C=O) groups excluding carboxylic acids is 1. The van der Waals surface area contributed by atoms with Crippen molar-refractivity contribution in [2.75, 3.05) is 18.2 Å². The Kier molecular flexibility index (Phi) is 6.31. The Morgan fingerprint density at radius 1 is 1.37 bits per heavy atom. The molecule has 0 saturated heterocycles. The van der Waals surface area contributed by atoms with Gasteiger partial charge in [-0.15, -0.1) is 0 Å². The van der Waals surface area contributed by atoms with E-state index in [-0.39, 0.29) is 11.7 Å². The summed E-state index contributed by atoms with van der Waals surface area (Å²) in [6.45, 7) is 1.95. The number of carbonyl (C=O) groups is 1. The van der Waals surface area contributed by atoms with Gasteiger partial charge >= 0.3 is 0 Å². The molecule has 140 valence electrons. The number of anilines is 1. The molecule has 0 aliphatic heterocycles. The zero-order chi connectivity index (χ0) is 19.2. The summed E-state index contributed by atoms with van der Waals surface area (Å²) in [4.78, 5) is 21.0. The van der Waals surface area contributed by atoms with Crippen LogP contribution in [0.2, 0.25) is 5.02 Å². The summed E-state index contributed by atoms with van der Waals surface area (Å²) in [7, 11) is 1.53. The van der Waals surface area contributed by atoms with Crippen molar-refractivity contribution in [2.45, 2.75) is 18.4 Å². The number of hydrogen-bond acceptors (Lipinski definition) is 7. The van der Waals surface area contributed by atoms with Gasteiger partial charge in [0, 0.05) is 17.6 Å². The fourth-order valence-electron chi connectivity index (χ4n) is 2.27. The van der Waals surface area contributed by atoms with Crippen LogP contribution >= 0.6 is 23.4 Å². The minimum atomic E-state index is -0.211. The van der Waals surface area contributed by atoms with Crippen LogP contribution in [0.15, 0.2) is 46.1 Å². The molecule has 0 bridgehead atoms. The van der Waals surface area contributed by atoms with Gasteiger partial charge in [0.15, 0.2) is 5.82 Å². The molecule has 0 saturated carbocycles. The van der Waals surface area contributed by atoms with Gasteiger partial charge in [-0.25, -0.2) is 4.98 Å². The summed E-state index contributed by atoms with van der Waals surface area (Å²) in [5.74, 6) is 1.48. The summed E-state index contributed by atoms with van der Waals surface area (Å²) in [5.41, 5.74) is 1.21. The third kappa shape index (κ3) is 4.78. The predicted molar refractivity (Wildman–Crippen MR) is 104 cm³/mol. The molecule has 3 rings (SSSR count). The molecular weight excluding hydrogens is 388 g/mol. The van der Waals surface area contributed by atoms with Gasteiger partial charge in [-0.05, 0) is 30.3 Å². The molecule has 0 aliphatic rings. The summed E-state index contributed by atoms with van der Waals surface area (Å²) < 4.78 is 10.5. The van der Waals surface area contributed by atoms with Crippen LogP contribution < -0.4 is 10.1 Å². The highest BCUT2D eigenvalue weighted by atomic mass is 35.5. The molecule has 2 aromatic heterocycles. The molecule has 27 heavy (non-hydrogen) atoms. The van der Waals surface area contributed by atoms with Crippen molar-refractivity contribution in [1.29, 1.82) is 0 Å². The van der Waals surface area contributed by atoms with E-state index in [9.17, 15) is 4.79 Å². The van der Waals surface area contributed by atoms with Crippen molar-refractivity contribution >= 4 is 35.0 Å². The summed E-state index contributed by atoms with van der Waals surface area (Å²) in [6, 6.07) is 8.65. The molecular formula is C18H17ClN4O3S. The Balaban J connectivity index is 1.70. The lowest BCUT2D eigenvalue weighted by atomic mass is 10.3. The molecule has 0 aliphatic carbocycles. The van der Waals surface area contributed by atoms with Crippen molar-refractivity contribution in [3.63, 3.8) is 0 Å². The van der Waals surface area contributed by atoms with E-state index in [0.717, 1.165) is 0 Å². The number of rotatable bonds is 7. The van der Waals surface area contributed by atoms with Gasteiger partial charge in [-0.3, -0.25) is 4.79 Å². The number of ether oxygens (including phenoxy) is 1. The fourth-order valence-corrected chi connectivity index (χ4v) is 3.23. The largest absolute Gasteiger partial charge is 0.495 e. The normalized spacial score (nSPS) is 10.6. The molecule has 0 atom stereocenters. The molecule has 2 heterocycles. The maximum Gasteiger partial charge on any atom is 0.260 e. The zero-order valence-electron chi connectivity index (χ0n) is 14.7. The molecule has 0 spiro atoms. The van der Waals surface area contributed by atoms with Crippen LogP contribution in [0.5, 0.6) is 5.75 Å². The monoisotopic (exact) mass is 404 g/mol. The van der Waals surface area contributed by atoms with Crippen LogP contribution in [0.1, 0.15) is 12.7 Å². The highest BCUT2D eigenvalue weighted by Crippen LogP contribution is 2.30. The minimum Gasteiger partial charge on any atom is -0.495 e. The number of methoxy groups -OCH3 is 1. The summed E-state index contributed by atoms with van der Waals surface area (Å²) in [5, 5.41) is 7.84. The summed E-state index contributed by atoms with van der Waals surface area (Å²) >= 11 is 7.27. The van der Waals surface area contributed by atoms with Crippen molar-refractivity contribution < 1.29 is 14.1 Å². The van der Waals surface area contributed by atoms with Crippen LogP contribution in [0.4, 0.5) is 5.69 Å². The number of nitrogens with one attached hydrogen (secondary N) is 1. The maximum atomic E-state index is 12.4. The number of benzene rings is 1. The van der Waals surface area contributed by atoms with E-state index in [2.05, 4.69) is 20.4 Å². The van der Waals surface area contributed by atoms with E-state index in [1.807, 2.05) is 13.0 Å². The first-order valence-electron chi connectivity index (χ1n) is 8.15. The number of thioether (sulfide) groups is 1.